The largest absolute Gasteiger partial charge is 0.496 e. The van der Waals surface area contributed by atoms with Crippen LogP contribution in [0.2, 0.25) is 0 Å². The van der Waals surface area contributed by atoms with Crippen molar-refractivity contribution in [1.82, 2.24) is 30.0 Å². The topological polar surface area (TPSA) is 108 Å². The smallest absolute Gasteiger partial charge is 0.256 e. The van der Waals surface area contributed by atoms with Crippen molar-refractivity contribution in [1.29, 1.82) is 0 Å². The van der Waals surface area contributed by atoms with Crippen LogP contribution in [0.25, 0.3) is 17.1 Å². The molecule has 0 radical (unpaired) electrons. The lowest BCUT2D eigenvalue weighted by Gasteiger charge is -2.23. The van der Waals surface area contributed by atoms with E-state index in [1.54, 1.807) is 30.5 Å². The summed E-state index contributed by atoms with van der Waals surface area (Å²) in [6.07, 6.45) is 4.69. The number of amides is 1. The van der Waals surface area contributed by atoms with Crippen molar-refractivity contribution in [2.45, 2.75) is 32.7 Å². The predicted molar refractivity (Wildman–Crippen MR) is 127 cm³/mol. The van der Waals surface area contributed by atoms with Crippen LogP contribution in [0.3, 0.4) is 0 Å². The number of ether oxygens (including phenoxy) is 2. The highest BCUT2D eigenvalue weighted by Crippen LogP contribution is 2.36. The van der Waals surface area contributed by atoms with Gasteiger partial charge in [-0.2, -0.15) is 20.0 Å². The Hall–Kier alpha value is -4.21. The molecule has 180 valence electrons. The first-order valence-corrected chi connectivity index (χ1v) is 11.5. The summed E-state index contributed by atoms with van der Waals surface area (Å²) in [5.74, 6) is 1.96. The third-order valence-electron chi connectivity index (χ3n) is 6.05. The maximum absolute atomic E-state index is 13.8. The molecule has 4 aromatic rings. The highest BCUT2D eigenvalue weighted by Gasteiger charge is 2.36. The first kappa shape index (κ1) is 22.6. The zero-order valence-corrected chi connectivity index (χ0v) is 19.8. The van der Waals surface area contributed by atoms with Gasteiger partial charge >= 0.3 is 0 Å². The Balaban J connectivity index is 1.49. The summed E-state index contributed by atoms with van der Waals surface area (Å²) in [7, 11) is 1.58. The fourth-order valence-electron chi connectivity index (χ4n) is 4.40. The number of carbonyl (C=O) groups is 1. The molecule has 1 aliphatic rings. The third kappa shape index (κ3) is 4.23. The molecule has 1 amide bonds. The number of hydrogen-bond acceptors (Lipinski definition) is 8. The summed E-state index contributed by atoms with van der Waals surface area (Å²) in [6.45, 7) is 4.94. The van der Waals surface area contributed by atoms with E-state index in [4.69, 9.17) is 14.0 Å². The lowest BCUT2D eigenvalue weighted by Crippen LogP contribution is -2.31. The van der Waals surface area contributed by atoms with Gasteiger partial charge in [0.2, 0.25) is 11.7 Å². The van der Waals surface area contributed by atoms with Gasteiger partial charge in [-0.05, 0) is 56.5 Å². The number of methoxy groups -OCH3 is 1. The maximum atomic E-state index is 13.8. The normalized spacial score (nSPS) is 15.4. The first-order chi connectivity index (χ1) is 17.1. The molecule has 1 fully saturated rings. The number of hydrogen-bond donors (Lipinski definition) is 0. The monoisotopic (exact) mass is 474 g/mol. The summed E-state index contributed by atoms with van der Waals surface area (Å²) >= 11 is 0. The van der Waals surface area contributed by atoms with E-state index in [0.29, 0.717) is 47.6 Å². The molecule has 2 aromatic heterocycles. The number of para-hydroxylation sites is 1. The van der Waals surface area contributed by atoms with Crippen molar-refractivity contribution in [3.63, 3.8) is 0 Å². The zero-order valence-electron chi connectivity index (χ0n) is 19.8. The number of aryl methyl sites for hydroxylation is 1. The van der Waals surface area contributed by atoms with Gasteiger partial charge in [0.1, 0.15) is 17.5 Å². The Morgan fingerprint density at radius 2 is 1.97 bits per heavy atom. The number of rotatable bonds is 7. The van der Waals surface area contributed by atoms with Gasteiger partial charge in [-0.1, -0.05) is 17.3 Å². The molecule has 1 atom stereocenters. The molecule has 35 heavy (non-hydrogen) atoms. The number of likely N-dealkylation sites (tertiary alicyclic amines) is 1. The minimum Gasteiger partial charge on any atom is -0.496 e. The summed E-state index contributed by atoms with van der Waals surface area (Å²) < 4.78 is 16.9. The Labute approximate surface area is 202 Å². The summed E-state index contributed by atoms with van der Waals surface area (Å²) in [6, 6.07) is 10.8. The molecule has 10 heteroatoms. The predicted octanol–water partition coefficient (Wildman–Crippen LogP) is 4.01. The van der Waals surface area contributed by atoms with Gasteiger partial charge in [0.15, 0.2) is 0 Å². The maximum Gasteiger partial charge on any atom is 0.256 e. The quantitative estimate of drug-likeness (QED) is 0.395. The minimum atomic E-state index is -0.339. The van der Waals surface area contributed by atoms with Crippen LogP contribution in [0.1, 0.15) is 47.6 Å². The molecule has 0 N–H and O–H groups in total. The molecule has 0 saturated carbocycles. The molecule has 3 heterocycles. The van der Waals surface area contributed by atoms with Gasteiger partial charge in [0, 0.05) is 6.54 Å². The minimum absolute atomic E-state index is 0.174. The summed E-state index contributed by atoms with van der Waals surface area (Å²) in [4.78, 5) is 21.7. The second-order valence-corrected chi connectivity index (χ2v) is 8.20. The van der Waals surface area contributed by atoms with Crippen molar-refractivity contribution >= 4 is 5.91 Å². The molecule has 1 aliphatic heterocycles. The Morgan fingerprint density at radius 3 is 2.74 bits per heavy atom. The second kappa shape index (κ2) is 9.57. The molecule has 1 saturated heterocycles. The van der Waals surface area contributed by atoms with Crippen LogP contribution in [-0.4, -0.2) is 56.2 Å². The van der Waals surface area contributed by atoms with E-state index in [2.05, 4.69) is 20.3 Å². The molecule has 0 spiro atoms. The lowest BCUT2D eigenvalue weighted by atomic mass is 10.1. The molecular formula is C25H26N6O4. The van der Waals surface area contributed by atoms with Crippen LogP contribution in [0.5, 0.6) is 11.5 Å². The van der Waals surface area contributed by atoms with Crippen molar-refractivity contribution in [2.24, 2.45) is 0 Å². The average Bonchev–Trinajstić information content (AvgIpc) is 3.65. The Bertz CT molecular complexity index is 1330. The molecule has 0 bridgehead atoms. The van der Waals surface area contributed by atoms with E-state index in [-0.39, 0.29) is 11.9 Å². The van der Waals surface area contributed by atoms with Gasteiger partial charge in [-0.15, -0.1) is 0 Å². The van der Waals surface area contributed by atoms with Crippen LogP contribution >= 0.6 is 0 Å². The second-order valence-electron chi connectivity index (χ2n) is 8.20. The zero-order chi connectivity index (χ0) is 24.4. The van der Waals surface area contributed by atoms with Gasteiger partial charge in [-0.3, -0.25) is 4.79 Å². The Kier molecular flexibility index (Phi) is 6.17. The Morgan fingerprint density at radius 1 is 1.17 bits per heavy atom. The molecule has 1 unspecified atom stereocenters. The van der Waals surface area contributed by atoms with E-state index >= 15 is 0 Å². The first-order valence-electron chi connectivity index (χ1n) is 11.5. The average molecular weight is 475 g/mol. The molecule has 2 aromatic carbocycles. The van der Waals surface area contributed by atoms with E-state index in [1.165, 1.54) is 4.80 Å². The highest BCUT2D eigenvalue weighted by molar-refractivity contribution is 5.98. The van der Waals surface area contributed by atoms with Gasteiger partial charge in [0.25, 0.3) is 5.91 Å². The van der Waals surface area contributed by atoms with Crippen molar-refractivity contribution in [2.75, 3.05) is 20.3 Å². The fourth-order valence-corrected chi connectivity index (χ4v) is 4.40. The number of carbonyl (C=O) groups excluding carboxylic acids is 1. The molecular weight excluding hydrogens is 448 g/mol. The third-order valence-corrected chi connectivity index (χ3v) is 6.05. The van der Waals surface area contributed by atoms with E-state index in [9.17, 15) is 4.79 Å². The van der Waals surface area contributed by atoms with Crippen LogP contribution in [0.15, 0.2) is 53.3 Å². The van der Waals surface area contributed by atoms with E-state index in [1.807, 2.05) is 44.2 Å². The van der Waals surface area contributed by atoms with E-state index < -0.39 is 0 Å². The fraction of sp³-hybridized carbons (Fsp3) is 0.320. The van der Waals surface area contributed by atoms with Gasteiger partial charge in [-0.25, -0.2) is 0 Å². The van der Waals surface area contributed by atoms with Crippen molar-refractivity contribution in [3.8, 4) is 28.6 Å². The van der Waals surface area contributed by atoms with Gasteiger partial charge in [0.05, 0.1) is 42.9 Å². The van der Waals surface area contributed by atoms with Gasteiger partial charge < -0.3 is 18.9 Å². The van der Waals surface area contributed by atoms with Crippen LogP contribution in [-0.2, 0) is 0 Å². The van der Waals surface area contributed by atoms with Crippen LogP contribution in [0, 0.1) is 6.92 Å². The number of benzene rings is 2. The molecule has 0 aliphatic carbocycles. The van der Waals surface area contributed by atoms with Crippen molar-refractivity contribution in [3.05, 3.63) is 65.8 Å². The summed E-state index contributed by atoms with van der Waals surface area (Å²) in [5.41, 5.74) is 2.65. The lowest BCUT2D eigenvalue weighted by molar-refractivity contribution is 0.0709. The molecule has 10 nitrogen and oxygen atoms in total. The van der Waals surface area contributed by atoms with Crippen LogP contribution < -0.4 is 9.47 Å². The van der Waals surface area contributed by atoms with Crippen LogP contribution in [0.4, 0.5) is 0 Å². The van der Waals surface area contributed by atoms with E-state index in [0.717, 1.165) is 24.0 Å². The highest BCUT2D eigenvalue weighted by atomic mass is 16.5. The van der Waals surface area contributed by atoms with Crippen molar-refractivity contribution < 1.29 is 18.8 Å². The SMILES string of the molecule is CCOc1ccccc1-c1noc(C2CCCN2C(=O)c2cc(OC)c(C)cc2-n2nccn2)n1. The number of aromatic nitrogens is 5. The number of nitrogens with zero attached hydrogens (tertiary/aromatic N) is 6. The standard InChI is InChI=1S/C25H26N6O4/c1-4-34-21-10-6-5-8-17(21)23-28-24(35-29-23)19-9-7-13-30(19)25(32)18-15-22(33-3)16(2)14-20(18)31-26-11-12-27-31/h5-6,8,10-12,14-15,19H,4,7,9,13H2,1-3H3. The molecule has 5 rings (SSSR count). The summed E-state index contributed by atoms with van der Waals surface area (Å²) in [5, 5.41) is 12.7.